The van der Waals surface area contributed by atoms with Gasteiger partial charge in [-0.15, -0.1) is 0 Å². The summed E-state index contributed by atoms with van der Waals surface area (Å²) in [6.07, 6.45) is 0. The molecule has 0 aliphatic rings. The van der Waals surface area contributed by atoms with Gasteiger partial charge in [-0.2, -0.15) is 4.37 Å². The summed E-state index contributed by atoms with van der Waals surface area (Å²) in [5.41, 5.74) is 1.86. The molecule has 104 valence electrons. The molecule has 2 aromatic heterocycles. The lowest BCUT2D eigenvalue weighted by molar-refractivity contribution is 0.266. The number of imidazole rings is 1. The number of benzene rings is 1. The molecular weight excluding hydrogens is 274 g/mol. The molecule has 1 N–H and O–H groups in total. The third kappa shape index (κ3) is 2.25. The van der Waals surface area contributed by atoms with E-state index in [9.17, 15) is 5.11 Å². The molecule has 0 aliphatic heterocycles. The highest BCUT2D eigenvalue weighted by atomic mass is 32.1. The quantitative estimate of drug-likeness (QED) is 0.788. The molecule has 20 heavy (non-hydrogen) atoms. The third-order valence-corrected chi connectivity index (χ3v) is 3.94. The maximum Gasteiger partial charge on any atom is 0.204 e. The largest absolute Gasteiger partial charge is 0.388 e. The van der Waals surface area contributed by atoms with Crippen LogP contribution in [0.25, 0.3) is 11.0 Å². The van der Waals surface area contributed by atoms with Crippen molar-refractivity contribution in [2.75, 3.05) is 19.0 Å². The number of para-hydroxylation sites is 2. The van der Waals surface area contributed by atoms with Crippen molar-refractivity contribution in [3.05, 3.63) is 35.9 Å². The van der Waals surface area contributed by atoms with Gasteiger partial charge >= 0.3 is 0 Å². The van der Waals surface area contributed by atoms with Crippen LogP contribution >= 0.6 is 11.5 Å². The van der Waals surface area contributed by atoms with Crippen LogP contribution in [0.2, 0.25) is 0 Å². The third-order valence-electron chi connectivity index (χ3n) is 3.01. The van der Waals surface area contributed by atoms with E-state index in [1.165, 1.54) is 11.5 Å². The van der Waals surface area contributed by atoms with Gasteiger partial charge in [-0.1, -0.05) is 12.1 Å². The standard InChI is InChI=1S/C13H15N5OS/c1-17(2)13-15-11(16-20-13)7-18-10-6-4-3-5-9(10)14-12(18)8-19/h3-6,19H,7-8H2,1-2H3. The Bertz CT molecular complexity index is 733. The van der Waals surface area contributed by atoms with Crippen LogP contribution in [0.3, 0.4) is 0 Å². The van der Waals surface area contributed by atoms with Crippen LogP contribution < -0.4 is 4.90 Å². The highest BCUT2D eigenvalue weighted by Gasteiger charge is 2.13. The topological polar surface area (TPSA) is 67.1 Å². The Morgan fingerprint density at radius 3 is 2.75 bits per heavy atom. The molecule has 7 heteroatoms. The molecule has 0 saturated carbocycles. The van der Waals surface area contributed by atoms with Gasteiger partial charge in [0.1, 0.15) is 12.4 Å². The zero-order chi connectivity index (χ0) is 14.1. The zero-order valence-corrected chi connectivity index (χ0v) is 12.1. The molecule has 6 nitrogen and oxygen atoms in total. The Kier molecular flexibility index (Phi) is 3.37. The van der Waals surface area contributed by atoms with E-state index in [0.29, 0.717) is 12.4 Å². The van der Waals surface area contributed by atoms with Crippen LogP contribution in [0, 0.1) is 0 Å². The molecule has 0 bridgehead atoms. The first-order chi connectivity index (χ1) is 9.69. The molecule has 0 radical (unpaired) electrons. The van der Waals surface area contributed by atoms with Crippen LogP contribution in [-0.4, -0.2) is 38.1 Å². The van der Waals surface area contributed by atoms with Gasteiger partial charge in [0.2, 0.25) is 5.13 Å². The highest BCUT2D eigenvalue weighted by molar-refractivity contribution is 7.09. The lowest BCUT2D eigenvalue weighted by Crippen LogP contribution is -2.09. The summed E-state index contributed by atoms with van der Waals surface area (Å²) < 4.78 is 6.31. The number of hydrogen-bond acceptors (Lipinski definition) is 6. The Morgan fingerprint density at radius 2 is 2.05 bits per heavy atom. The fourth-order valence-corrected chi connectivity index (χ4v) is 2.65. The fraction of sp³-hybridized carbons (Fsp3) is 0.308. The molecule has 3 aromatic rings. The predicted molar refractivity (Wildman–Crippen MR) is 79.0 cm³/mol. The molecule has 2 heterocycles. The summed E-state index contributed by atoms with van der Waals surface area (Å²) in [5.74, 6) is 1.36. The predicted octanol–water partition coefficient (Wildman–Crippen LogP) is 1.49. The Labute approximate surface area is 120 Å². The number of nitrogens with zero attached hydrogens (tertiary/aromatic N) is 5. The van der Waals surface area contributed by atoms with Gasteiger partial charge in [0.25, 0.3) is 0 Å². The number of aliphatic hydroxyl groups excluding tert-OH is 1. The van der Waals surface area contributed by atoms with E-state index in [-0.39, 0.29) is 6.61 Å². The van der Waals surface area contributed by atoms with Gasteiger partial charge in [-0.3, -0.25) is 0 Å². The second-order valence-electron chi connectivity index (χ2n) is 4.65. The lowest BCUT2D eigenvalue weighted by Gasteiger charge is -2.06. The van der Waals surface area contributed by atoms with Crippen molar-refractivity contribution < 1.29 is 5.11 Å². The summed E-state index contributed by atoms with van der Waals surface area (Å²) in [6, 6.07) is 7.82. The van der Waals surface area contributed by atoms with Crippen molar-refractivity contribution in [3.8, 4) is 0 Å². The summed E-state index contributed by atoms with van der Waals surface area (Å²) in [4.78, 5) is 10.8. The monoisotopic (exact) mass is 289 g/mol. The van der Waals surface area contributed by atoms with Crippen molar-refractivity contribution in [2.45, 2.75) is 13.2 Å². The average Bonchev–Trinajstić information content (AvgIpc) is 3.04. The van der Waals surface area contributed by atoms with E-state index < -0.39 is 0 Å². The number of hydrogen-bond donors (Lipinski definition) is 1. The second-order valence-corrected chi connectivity index (χ2v) is 5.38. The smallest absolute Gasteiger partial charge is 0.204 e. The Morgan fingerprint density at radius 1 is 1.25 bits per heavy atom. The van der Waals surface area contributed by atoms with Gasteiger partial charge in [0, 0.05) is 25.6 Å². The van der Waals surface area contributed by atoms with Crippen molar-refractivity contribution in [1.82, 2.24) is 18.9 Å². The van der Waals surface area contributed by atoms with Crippen LogP contribution in [0.4, 0.5) is 5.13 Å². The Hall–Kier alpha value is -1.99. The molecule has 0 unspecified atom stereocenters. The van der Waals surface area contributed by atoms with Crippen molar-refractivity contribution in [2.24, 2.45) is 0 Å². The van der Waals surface area contributed by atoms with E-state index in [1.807, 2.05) is 47.8 Å². The summed E-state index contributed by atoms with van der Waals surface area (Å²) in [5, 5.41) is 10.3. The van der Waals surface area contributed by atoms with Gasteiger partial charge in [-0.05, 0) is 12.1 Å². The second kappa shape index (κ2) is 5.18. The number of aliphatic hydroxyl groups is 1. The van der Waals surface area contributed by atoms with Gasteiger partial charge < -0.3 is 14.6 Å². The van der Waals surface area contributed by atoms with Gasteiger partial charge in [-0.25, -0.2) is 9.97 Å². The SMILES string of the molecule is CN(C)c1nc(Cn2c(CO)nc3ccccc32)ns1. The van der Waals surface area contributed by atoms with E-state index in [2.05, 4.69) is 14.3 Å². The maximum atomic E-state index is 9.46. The van der Waals surface area contributed by atoms with E-state index in [0.717, 1.165) is 22.0 Å². The summed E-state index contributed by atoms with van der Waals surface area (Å²) in [6.45, 7) is 0.417. The summed E-state index contributed by atoms with van der Waals surface area (Å²) in [7, 11) is 3.88. The van der Waals surface area contributed by atoms with E-state index >= 15 is 0 Å². The van der Waals surface area contributed by atoms with E-state index in [1.54, 1.807) is 0 Å². The van der Waals surface area contributed by atoms with Crippen molar-refractivity contribution in [1.29, 1.82) is 0 Å². The van der Waals surface area contributed by atoms with Crippen LogP contribution in [-0.2, 0) is 13.2 Å². The minimum absolute atomic E-state index is 0.0979. The maximum absolute atomic E-state index is 9.46. The van der Waals surface area contributed by atoms with Gasteiger partial charge in [0.15, 0.2) is 5.82 Å². The van der Waals surface area contributed by atoms with Crippen LogP contribution in [0.15, 0.2) is 24.3 Å². The number of rotatable bonds is 4. The molecule has 0 saturated heterocycles. The normalized spacial score (nSPS) is 11.2. The fourth-order valence-electron chi connectivity index (χ4n) is 2.05. The molecular formula is C13H15N5OS. The minimum atomic E-state index is -0.0979. The van der Waals surface area contributed by atoms with Crippen molar-refractivity contribution in [3.63, 3.8) is 0 Å². The molecule has 0 spiro atoms. The summed E-state index contributed by atoms with van der Waals surface area (Å²) >= 11 is 1.37. The highest BCUT2D eigenvalue weighted by Crippen LogP contribution is 2.19. The molecule has 0 amide bonds. The molecule has 1 aromatic carbocycles. The average molecular weight is 289 g/mol. The van der Waals surface area contributed by atoms with Crippen LogP contribution in [0.5, 0.6) is 0 Å². The number of anilines is 1. The molecule has 0 aliphatic carbocycles. The lowest BCUT2D eigenvalue weighted by atomic mass is 10.3. The number of aromatic nitrogens is 4. The van der Waals surface area contributed by atoms with Crippen molar-refractivity contribution >= 4 is 27.7 Å². The minimum Gasteiger partial charge on any atom is -0.388 e. The molecule has 0 atom stereocenters. The molecule has 3 rings (SSSR count). The molecule has 0 fully saturated rings. The van der Waals surface area contributed by atoms with E-state index in [4.69, 9.17) is 0 Å². The number of fused-ring (bicyclic) bond motifs is 1. The first-order valence-electron chi connectivity index (χ1n) is 6.24. The van der Waals surface area contributed by atoms with Crippen LogP contribution in [0.1, 0.15) is 11.6 Å². The Balaban J connectivity index is 2.00. The first kappa shape index (κ1) is 13.0. The van der Waals surface area contributed by atoms with Gasteiger partial charge in [0.05, 0.1) is 17.6 Å². The zero-order valence-electron chi connectivity index (χ0n) is 11.3. The first-order valence-corrected chi connectivity index (χ1v) is 7.01.